The molecular formula is C9H21N3O3S. The van der Waals surface area contributed by atoms with E-state index in [1.165, 1.54) is 4.31 Å². The zero-order chi connectivity index (χ0) is 11.9. The Bertz CT molecular complexity index is 276. The van der Waals surface area contributed by atoms with Gasteiger partial charge in [0.2, 0.25) is 0 Å². The molecule has 96 valence electrons. The summed E-state index contributed by atoms with van der Waals surface area (Å²) in [7, 11) is -3.25. The highest BCUT2D eigenvalue weighted by molar-refractivity contribution is 7.87. The summed E-state index contributed by atoms with van der Waals surface area (Å²) in [6.07, 6.45) is 2.59. The average Bonchev–Trinajstić information content (AvgIpc) is 2.77. The largest absolute Gasteiger partial charge is 0.380 e. The van der Waals surface area contributed by atoms with Gasteiger partial charge in [-0.25, -0.2) is 4.72 Å². The van der Waals surface area contributed by atoms with Crippen LogP contribution in [-0.2, 0) is 14.9 Å². The van der Waals surface area contributed by atoms with Gasteiger partial charge in [-0.2, -0.15) is 12.7 Å². The molecule has 16 heavy (non-hydrogen) atoms. The highest BCUT2D eigenvalue weighted by Crippen LogP contribution is 2.10. The van der Waals surface area contributed by atoms with Gasteiger partial charge in [-0.3, -0.25) is 0 Å². The number of hydrogen-bond acceptors (Lipinski definition) is 4. The van der Waals surface area contributed by atoms with E-state index in [1.54, 1.807) is 0 Å². The number of nitrogens with zero attached hydrogens (tertiary/aromatic N) is 1. The molecule has 1 saturated heterocycles. The first-order valence-corrected chi connectivity index (χ1v) is 7.13. The third kappa shape index (κ3) is 4.75. The Morgan fingerprint density at radius 1 is 1.25 bits per heavy atom. The minimum atomic E-state index is -3.25. The van der Waals surface area contributed by atoms with Crippen molar-refractivity contribution in [2.75, 3.05) is 39.4 Å². The third-order valence-electron chi connectivity index (χ3n) is 2.42. The summed E-state index contributed by atoms with van der Waals surface area (Å²) in [5.41, 5.74) is 5.25. The van der Waals surface area contributed by atoms with Crippen LogP contribution in [0.4, 0.5) is 0 Å². The lowest BCUT2D eigenvalue weighted by Gasteiger charge is -2.15. The van der Waals surface area contributed by atoms with Gasteiger partial charge in [0.1, 0.15) is 0 Å². The van der Waals surface area contributed by atoms with Crippen molar-refractivity contribution in [1.82, 2.24) is 9.03 Å². The maximum absolute atomic E-state index is 11.7. The minimum Gasteiger partial charge on any atom is -0.380 e. The smallest absolute Gasteiger partial charge is 0.279 e. The predicted octanol–water partition coefficient (Wildman–Crippen LogP) is -0.718. The van der Waals surface area contributed by atoms with Crippen LogP contribution in [-0.4, -0.2) is 52.1 Å². The van der Waals surface area contributed by atoms with E-state index in [1.807, 2.05) is 0 Å². The molecule has 0 amide bonds. The number of hydrogen-bond donors (Lipinski definition) is 2. The van der Waals surface area contributed by atoms with Gasteiger partial charge in [0, 0.05) is 32.8 Å². The zero-order valence-corrected chi connectivity index (χ0v) is 10.3. The van der Waals surface area contributed by atoms with E-state index in [9.17, 15) is 8.42 Å². The molecule has 7 heteroatoms. The van der Waals surface area contributed by atoms with E-state index in [0.29, 0.717) is 45.8 Å². The lowest BCUT2D eigenvalue weighted by molar-refractivity contribution is 0.140. The Morgan fingerprint density at radius 3 is 2.56 bits per heavy atom. The molecule has 0 aromatic rings. The Balaban J connectivity index is 2.11. The molecule has 0 aliphatic carbocycles. The monoisotopic (exact) mass is 251 g/mol. The summed E-state index contributed by atoms with van der Waals surface area (Å²) in [4.78, 5) is 0. The fourth-order valence-corrected chi connectivity index (χ4v) is 2.90. The van der Waals surface area contributed by atoms with E-state index >= 15 is 0 Å². The van der Waals surface area contributed by atoms with E-state index in [4.69, 9.17) is 10.5 Å². The first-order chi connectivity index (χ1) is 7.67. The average molecular weight is 251 g/mol. The Labute approximate surface area is 97.3 Å². The number of rotatable bonds is 8. The number of ether oxygens (including phenoxy) is 1. The molecule has 1 rings (SSSR count). The molecule has 0 radical (unpaired) electrons. The van der Waals surface area contributed by atoms with Gasteiger partial charge in [-0.15, -0.1) is 0 Å². The second kappa shape index (κ2) is 7.18. The van der Waals surface area contributed by atoms with E-state index in [2.05, 4.69) is 4.72 Å². The molecule has 6 nitrogen and oxygen atoms in total. The fraction of sp³-hybridized carbons (Fsp3) is 1.00. The standard InChI is InChI=1S/C9H21N3O3S/c10-4-9-15-8-3-5-11-16(13,14)12-6-1-2-7-12/h11H,1-10H2. The van der Waals surface area contributed by atoms with Gasteiger partial charge in [0.25, 0.3) is 10.2 Å². The van der Waals surface area contributed by atoms with Crippen molar-refractivity contribution in [3.8, 4) is 0 Å². The van der Waals surface area contributed by atoms with Crippen LogP contribution < -0.4 is 10.5 Å². The highest BCUT2D eigenvalue weighted by atomic mass is 32.2. The van der Waals surface area contributed by atoms with Gasteiger partial charge in [0.15, 0.2) is 0 Å². The Morgan fingerprint density at radius 2 is 1.94 bits per heavy atom. The maximum atomic E-state index is 11.7. The Kier molecular flexibility index (Phi) is 6.22. The van der Waals surface area contributed by atoms with Crippen molar-refractivity contribution >= 4 is 10.2 Å². The molecule has 0 aromatic heterocycles. The minimum absolute atomic E-state index is 0.420. The van der Waals surface area contributed by atoms with Crippen molar-refractivity contribution < 1.29 is 13.2 Å². The van der Waals surface area contributed by atoms with Gasteiger partial charge >= 0.3 is 0 Å². The van der Waals surface area contributed by atoms with Crippen LogP contribution in [0.3, 0.4) is 0 Å². The van der Waals surface area contributed by atoms with Crippen molar-refractivity contribution in [2.45, 2.75) is 19.3 Å². The van der Waals surface area contributed by atoms with Crippen LogP contribution in [0.25, 0.3) is 0 Å². The van der Waals surface area contributed by atoms with Crippen molar-refractivity contribution in [3.63, 3.8) is 0 Å². The predicted molar refractivity (Wildman–Crippen MR) is 62.2 cm³/mol. The molecular weight excluding hydrogens is 230 g/mol. The first-order valence-electron chi connectivity index (χ1n) is 5.69. The van der Waals surface area contributed by atoms with Gasteiger partial charge in [-0.05, 0) is 19.3 Å². The third-order valence-corrected chi connectivity index (χ3v) is 4.03. The zero-order valence-electron chi connectivity index (χ0n) is 9.52. The molecule has 0 aromatic carbocycles. The van der Waals surface area contributed by atoms with Crippen molar-refractivity contribution in [1.29, 1.82) is 0 Å². The molecule has 1 aliphatic heterocycles. The quantitative estimate of drug-likeness (QED) is 0.558. The summed E-state index contributed by atoms with van der Waals surface area (Å²) in [5.74, 6) is 0. The van der Waals surface area contributed by atoms with Crippen LogP contribution in [0.1, 0.15) is 19.3 Å². The van der Waals surface area contributed by atoms with Crippen LogP contribution in [0.2, 0.25) is 0 Å². The molecule has 1 fully saturated rings. The van der Waals surface area contributed by atoms with E-state index in [0.717, 1.165) is 12.8 Å². The number of nitrogens with one attached hydrogen (secondary N) is 1. The van der Waals surface area contributed by atoms with Gasteiger partial charge in [0.05, 0.1) is 6.61 Å². The van der Waals surface area contributed by atoms with Gasteiger partial charge in [-0.1, -0.05) is 0 Å². The summed E-state index contributed by atoms with van der Waals surface area (Å²) >= 11 is 0. The van der Waals surface area contributed by atoms with Crippen LogP contribution in [0, 0.1) is 0 Å². The maximum Gasteiger partial charge on any atom is 0.279 e. The number of nitrogens with two attached hydrogens (primary N) is 1. The summed E-state index contributed by atoms with van der Waals surface area (Å²) in [6, 6.07) is 0. The van der Waals surface area contributed by atoms with E-state index in [-0.39, 0.29) is 0 Å². The second-order valence-corrected chi connectivity index (χ2v) is 5.52. The summed E-state index contributed by atoms with van der Waals surface area (Å²) < 4.78 is 32.6. The lowest BCUT2D eigenvalue weighted by Crippen LogP contribution is -2.39. The Hall–Kier alpha value is -0.210. The summed E-state index contributed by atoms with van der Waals surface area (Å²) in [6.45, 7) is 3.26. The van der Waals surface area contributed by atoms with Crippen molar-refractivity contribution in [2.24, 2.45) is 5.73 Å². The molecule has 0 saturated carbocycles. The SMILES string of the molecule is NCCOCCCNS(=O)(=O)N1CCCC1. The van der Waals surface area contributed by atoms with Gasteiger partial charge < -0.3 is 10.5 Å². The highest BCUT2D eigenvalue weighted by Gasteiger charge is 2.24. The molecule has 0 unspecified atom stereocenters. The molecule has 1 heterocycles. The van der Waals surface area contributed by atoms with Crippen LogP contribution in [0.15, 0.2) is 0 Å². The second-order valence-electron chi connectivity index (χ2n) is 3.76. The van der Waals surface area contributed by atoms with Crippen molar-refractivity contribution in [3.05, 3.63) is 0 Å². The van der Waals surface area contributed by atoms with E-state index < -0.39 is 10.2 Å². The molecule has 1 aliphatic rings. The molecule has 0 spiro atoms. The summed E-state index contributed by atoms with van der Waals surface area (Å²) in [5, 5.41) is 0. The molecule has 3 N–H and O–H groups in total. The lowest BCUT2D eigenvalue weighted by atomic mass is 10.4. The molecule has 0 bridgehead atoms. The normalized spacial score (nSPS) is 18.1. The van der Waals surface area contributed by atoms with Crippen LogP contribution in [0.5, 0.6) is 0 Å². The first kappa shape index (κ1) is 13.9. The topological polar surface area (TPSA) is 84.7 Å². The fourth-order valence-electron chi connectivity index (χ4n) is 1.58. The van der Waals surface area contributed by atoms with Crippen LogP contribution >= 0.6 is 0 Å². The molecule has 0 atom stereocenters.